The van der Waals surface area contributed by atoms with Crippen LogP contribution in [0, 0.1) is 4.78 Å². The Hall–Kier alpha value is -0.645. The summed E-state index contributed by atoms with van der Waals surface area (Å²) in [5.74, 6) is 0.779. The van der Waals surface area contributed by atoms with Crippen molar-refractivity contribution in [2.75, 3.05) is 12.5 Å². The van der Waals surface area contributed by atoms with Gasteiger partial charge in [-0.1, -0.05) is 42.8 Å². The van der Waals surface area contributed by atoms with E-state index in [2.05, 4.69) is 9.97 Å². The molecule has 1 N–H and O–H groups in total. The second-order valence-electron chi connectivity index (χ2n) is 4.93. The SMILES string of the molecule is C.CS(=N)(=O)Cc1ccc(Cl)nc1.CS(=O)Cc1ccc(Cl)nc1.[B].[N-]=[N+]=[N-].[Na+]. The Bertz CT molecular complexity index is 850. The van der Waals surface area contributed by atoms with Gasteiger partial charge in [-0.15, -0.1) is 0 Å². The summed E-state index contributed by atoms with van der Waals surface area (Å²) in [6.45, 7) is 0. The van der Waals surface area contributed by atoms with Gasteiger partial charge in [-0.05, 0) is 23.3 Å². The minimum atomic E-state index is -2.47. The zero-order chi connectivity index (χ0) is 20.2. The standard InChI is InChI=1S/C7H9ClN2OS.C7H8ClNOS.CH4.B.N3.Na/c1-12(9,11)5-6-2-3-7(8)10-4-6;1-11(10)5-6-2-3-7(8)9-4-6;;;1-3-2;/h2-4,9H,5H2,1H3;2-4H,5H2,1H3;1H4;;;/q;;;;-1;+1. The third kappa shape index (κ3) is 21.9. The van der Waals surface area contributed by atoms with Gasteiger partial charge in [0, 0.05) is 59.6 Å². The van der Waals surface area contributed by atoms with E-state index in [1.165, 1.54) is 11.2 Å². The molecule has 14 heteroatoms. The van der Waals surface area contributed by atoms with Crippen LogP contribution in [0.2, 0.25) is 10.3 Å². The smallest absolute Gasteiger partial charge is 0.373 e. The van der Waals surface area contributed by atoms with Crippen LogP contribution in [0.25, 0.3) is 16.0 Å². The van der Waals surface area contributed by atoms with Gasteiger partial charge in [0.15, 0.2) is 0 Å². The first-order valence-electron chi connectivity index (χ1n) is 6.78. The zero-order valence-corrected chi connectivity index (χ0v) is 20.7. The van der Waals surface area contributed by atoms with Crippen LogP contribution in [-0.4, -0.2) is 39.3 Å². The summed E-state index contributed by atoms with van der Waals surface area (Å²) in [4.78, 5) is 9.18. The van der Waals surface area contributed by atoms with Crippen LogP contribution in [0.5, 0.6) is 0 Å². The van der Waals surface area contributed by atoms with Crippen molar-refractivity contribution in [3.05, 3.63) is 74.1 Å². The Kier molecular flexibility index (Phi) is 23.8. The monoisotopic (exact) mass is 485 g/mol. The Labute approximate surface area is 208 Å². The third-order valence-electron chi connectivity index (χ3n) is 2.39. The molecule has 0 saturated heterocycles. The maximum atomic E-state index is 11.0. The average molecular weight is 486 g/mol. The first-order valence-corrected chi connectivity index (χ1v) is 11.4. The van der Waals surface area contributed by atoms with Gasteiger partial charge in [0.1, 0.15) is 10.3 Å². The predicted molar refractivity (Wildman–Crippen MR) is 119 cm³/mol. The average Bonchev–Trinajstić information content (AvgIpc) is 2.52. The van der Waals surface area contributed by atoms with E-state index in [0.717, 1.165) is 11.1 Å². The van der Waals surface area contributed by atoms with Crippen LogP contribution < -0.4 is 29.6 Å². The van der Waals surface area contributed by atoms with E-state index in [-0.39, 0.29) is 51.1 Å². The van der Waals surface area contributed by atoms with E-state index in [1.54, 1.807) is 36.8 Å². The molecule has 2 aromatic rings. The number of nitrogens with zero attached hydrogens (tertiary/aromatic N) is 5. The first-order chi connectivity index (χ1) is 12.1. The summed E-state index contributed by atoms with van der Waals surface area (Å²) in [6, 6.07) is 6.88. The first kappa shape index (κ1) is 35.8. The van der Waals surface area contributed by atoms with Gasteiger partial charge < -0.3 is 11.1 Å². The number of halogens is 2. The molecule has 2 atom stereocenters. The summed E-state index contributed by atoms with van der Waals surface area (Å²) in [7, 11) is -3.28. The molecule has 29 heavy (non-hydrogen) atoms. The summed E-state index contributed by atoms with van der Waals surface area (Å²) in [5.41, 5.74) is 15.2. The Morgan fingerprint density at radius 3 is 1.76 bits per heavy atom. The van der Waals surface area contributed by atoms with Gasteiger partial charge in [-0.3, -0.25) is 13.9 Å². The van der Waals surface area contributed by atoms with Crippen molar-refractivity contribution in [2.45, 2.75) is 18.9 Å². The third-order valence-corrected chi connectivity index (χ3v) is 4.46. The second-order valence-corrected chi connectivity index (χ2v) is 9.44. The number of pyridine rings is 2. The summed E-state index contributed by atoms with van der Waals surface area (Å²) < 4.78 is 29.0. The van der Waals surface area contributed by atoms with E-state index >= 15 is 0 Å². The van der Waals surface area contributed by atoms with Gasteiger partial charge in [0.2, 0.25) is 0 Å². The molecule has 0 aromatic carbocycles. The van der Waals surface area contributed by atoms with Crippen LogP contribution in [0.15, 0.2) is 36.7 Å². The minimum absolute atomic E-state index is 0. The maximum Gasteiger partial charge on any atom is 1.00 e. The predicted octanol–water partition coefficient (Wildman–Crippen LogP) is 1.65. The molecule has 8 nitrogen and oxygen atoms in total. The van der Waals surface area contributed by atoms with Gasteiger partial charge in [0.25, 0.3) is 0 Å². The molecule has 3 radical (unpaired) electrons. The molecule has 2 rings (SSSR count). The van der Waals surface area contributed by atoms with Crippen molar-refractivity contribution in [2.24, 2.45) is 0 Å². The van der Waals surface area contributed by atoms with E-state index in [4.69, 9.17) is 39.0 Å². The van der Waals surface area contributed by atoms with E-state index in [0.29, 0.717) is 16.1 Å². The molecule has 2 aromatic heterocycles. The largest absolute Gasteiger partial charge is 1.00 e. The molecule has 0 spiro atoms. The topological polar surface area (TPSA) is 142 Å². The number of rotatable bonds is 4. The number of aromatic nitrogens is 2. The molecule has 0 bridgehead atoms. The fraction of sp³-hybridized carbons (Fsp3) is 0.333. The van der Waals surface area contributed by atoms with Gasteiger partial charge in [0.05, 0.1) is 5.75 Å². The quantitative estimate of drug-likeness (QED) is 0.231. The van der Waals surface area contributed by atoms with Crippen molar-refractivity contribution in [3.63, 3.8) is 0 Å². The van der Waals surface area contributed by atoms with Gasteiger partial charge in [-0.25, -0.2) is 14.2 Å². The molecule has 0 fully saturated rings. The summed E-state index contributed by atoms with van der Waals surface area (Å²) >= 11 is 11.1. The van der Waals surface area contributed by atoms with Crippen LogP contribution in [0.3, 0.4) is 0 Å². The zero-order valence-electron chi connectivity index (χ0n) is 15.6. The van der Waals surface area contributed by atoms with Crippen LogP contribution in [0.4, 0.5) is 0 Å². The van der Waals surface area contributed by atoms with Gasteiger partial charge in [-0.2, -0.15) is 0 Å². The molecule has 0 saturated carbocycles. The fourth-order valence-electron chi connectivity index (χ4n) is 1.54. The molecule has 2 heterocycles. The van der Waals surface area contributed by atoms with E-state index in [9.17, 15) is 8.42 Å². The molecular formula is C15H21BCl2N6NaO2S2. The van der Waals surface area contributed by atoms with Crippen LogP contribution >= 0.6 is 23.2 Å². The van der Waals surface area contributed by atoms with Crippen molar-refractivity contribution in [1.29, 1.82) is 4.78 Å². The second kappa shape index (κ2) is 19.3. The summed E-state index contributed by atoms with van der Waals surface area (Å²) in [5, 5.41) is 0.877. The van der Waals surface area contributed by atoms with E-state index in [1.807, 2.05) is 6.07 Å². The van der Waals surface area contributed by atoms with Crippen molar-refractivity contribution in [3.8, 4) is 0 Å². The Balaban J connectivity index is -0.000000174. The van der Waals surface area contributed by atoms with Crippen molar-refractivity contribution < 1.29 is 38.0 Å². The van der Waals surface area contributed by atoms with Gasteiger partial charge >= 0.3 is 29.6 Å². The molecule has 0 aliphatic rings. The molecule has 153 valence electrons. The number of hydrogen-bond donors (Lipinski definition) is 1. The fourth-order valence-corrected chi connectivity index (χ4v) is 3.21. The normalized spacial score (nSPS) is 11.6. The molecule has 0 aliphatic carbocycles. The Morgan fingerprint density at radius 1 is 1.10 bits per heavy atom. The molecule has 0 amide bonds. The van der Waals surface area contributed by atoms with Crippen molar-refractivity contribution in [1.82, 2.24) is 9.97 Å². The van der Waals surface area contributed by atoms with Crippen molar-refractivity contribution >= 4 is 52.1 Å². The molecule has 2 unspecified atom stereocenters. The minimum Gasteiger partial charge on any atom is -0.373 e. The summed E-state index contributed by atoms with van der Waals surface area (Å²) in [6.07, 6.45) is 6.25. The number of nitrogens with one attached hydrogen (secondary N) is 1. The maximum absolute atomic E-state index is 11.0. The molecular weight excluding hydrogens is 465 g/mol. The van der Waals surface area contributed by atoms with E-state index < -0.39 is 20.5 Å². The van der Waals surface area contributed by atoms with Crippen LogP contribution in [0.1, 0.15) is 18.6 Å². The number of hydrogen-bond acceptors (Lipinski definition) is 5. The molecule has 0 aliphatic heterocycles. The Morgan fingerprint density at radius 2 is 1.48 bits per heavy atom. The van der Waals surface area contributed by atoms with Crippen LogP contribution in [-0.2, 0) is 32.0 Å².